The molecule has 0 atom stereocenters. The Labute approximate surface area is 179 Å². The largest absolute Gasteiger partial charge is 0.487 e. The molecule has 0 unspecified atom stereocenters. The van der Waals surface area contributed by atoms with E-state index in [2.05, 4.69) is 15.5 Å². The molecule has 154 valence electrons. The van der Waals surface area contributed by atoms with E-state index in [0.717, 1.165) is 48.3 Å². The van der Waals surface area contributed by atoms with Crippen LogP contribution in [-0.4, -0.2) is 36.3 Å². The number of ether oxygens (including phenoxy) is 1. The van der Waals surface area contributed by atoms with Crippen LogP contribution in [0.5, 0.6) is 0 Å². The summed E-state index contributed by atoms with van der Waals surface area (Å²) in [6.45, 7) is 2.73. The monoisotopic (exact) mass is 423 g/mol. The highest BCUT2D eigenvalue weighted by Gasteiger charge is 2.32. The number of benzene rings is 2. The third kappa shape index (κ3) is 3.57. The van der Waals surface area contributed by atoms with E-state index in [1.807, 2.05) is 18.2 Å². The molecule has 1 saturated heterocycles. The summed E-state index contributed by atoms with van der Waals surface area (Å²) < 4.78 is 5.91. The van der Waals surface area contributed by atoms with E-state index in [0.29, 0.717) is 35.2 Å². The Morgan fingerprint density at radius 3 is 2.77 bits per heavy atom. The van der Waals surface area contributed by atoms with Gasteiger partial charge < -0.3 is 15.4 Å². The third-order valence-electron chi connectivity index (χ3n) is 5.78. The Balaban J connectivity index is 1.43. The number of rotatable bonds is 3. The predicted octanol–water partition coefficient (Wildman–Crippen LogP) is 4.12. The summed E-state index contributed by atoms with van der Waals surface area (Å²) in [7, 11) is 0. The van der Waals surface area contributed by atoms with E-state index in [1.165, 1.54) is 6.42 Å². The first kappa shape index (κ1) is 19.2. The summed E-state index contributed by atoms with van der Waals surface area (Å²) in [4.78, 5) is 27.3. The lowest BCUT2D eigenvalue weighted by molar-refractivity contribution is -0.117. The number of amides is 2. The Kier molecular flexibility index (Phi) is 4.97. The molecule has 1 fully saturated rings. The first-order chi connectivity index (χ1) is 14.6. The summed E-state index contributed by atoms with van der Waals surface area (Å²) >= 11 is 6.15. The van der Waals surface area contributed by atoms with Gasteiger partial charge in [-0.15, -0.1) is 0 Å². The highest BCUT2D eigenvalue weighted by molar-refractivity contribution is 6.38. The van der Waals surface area contributed by atoms with E-state index < -0.39 is 0 Å². The van der Waals surface area contributed by atoms with Crippen LogP contribution in [0.2, 0.25) is 5.02 Å². The molecule has 0 spiro atoms. The Morgan fingerprint density at radius 2 is 1.93 bits per heavy atom. The average Bonchev–Trinajstić information content (AvgIpc) is 3.27. The number of anilines is 2. The van der Waals surface area contributed by atoms with Gasteiger partial charge in [0.1, 0.15) is 12.4 Å². The number of hydrogen-bond acceptors (Lipinski definition) is 4. The van der Waals surface area contributed by atoms with Crippen molar-refractivity contribution in [1.29, 1.82) is 0 Å². The lowest BCUT2D eigenvalue weighted by Crippen LogP contribution is -2.36. The third-order valence-corrected chi connectivity index (χ3v) is 6.01. The van der Waals surface area contributed by atoms with Gasteiger partial charge in [0, 0.05) is 33.1 Å². The lowest BCUT2D eigenvalue weighted by Gasteiger charge is -2.25. The van der Waals surface area contributed by atoms with Crippen molar-refractivity contribution in [3.05, 3.63) is 58.1 Å². The van der Waals surface area contributed by atoms with Crippen LogP contribution in [0.1, 0.15) is 36.0 Å². The number of nitrogens with zero attached hydrogens (tertiary/aromatic N) is 1. The Bertz CT molecular complexity index is 1070. The van der Waals surface area contributed by atoms with Crippen molar-refractivity contribution in [2.75, 3.05) is 30.3 Å². The van der Waals surface area contributed by atoms with Gasteiger partial charge >= 0.3 is 0 Å². The van der Waals surface area contributed by atoms with Crippen LogP contribution in [0.3, 0.4) is 0 Å². The van der Waals surface area contributed by atoms with E-state index in [1.54, 1.807) is 18.2 Å². The zero-order chi connectivity index (χ0) is 20.7. The Morgan fingerprint density at radius 1 is 1.10 bits per heavy atom. The van der Waals surface area contributed by atoms with E-state index in [9.17, 15) is 9.59 Å². The highest BCUT2D eigenvalue weighted by atomic mass is 35.5. The van der Waals surface area contributed by atoms with Gasteiger partial charge in [-0.05, 0) is 56.3 Å². The van der Waals surface area contributed by atoms with Gasteiger partial charge in [0.05, 0.1) is 12.1 Å². The zero-order valence-corrected chi connectivity index (χ0v) is 17.2. The summed E-state index contributed by atoms with van der Waals surface area (Å²) in [5, 5.41) is 6.41. The molecule has 2 N–H and O–H groups in total. The van der Waals surface area contributed by atoms with Crippen LogP contribution >= 0.6 is 11.6 Å². The van der Waals surface area contributed by atoms with Crippen molar-refractivity contribution in [2.45, 2.75) is 25.9 Å². The maximum absolute atomic E-state index is 12.7. The van der Waals surface area contributed by atoms with Gasteiger partial charge in [0.2, 0.25) is 5.91 Å². The number of fused-ring (bicyclic) bond motifs is 2. The lowest BCUT2D eigenvalue weighted by atomic mass is 10.00. The molecule has 2 aromatic carbocycles. The molecule has 0 aromatic heterocycles. The zero-order valence-electron chi connectivity index (χ0n) is 16.5. The van der Waals surface area contributed by atoms with Crippen LogP contribution in [0.25, 0.3) is 11.3 Å². The first-order valence-corrected chi connectivity index (χ1v) is 10.6. The molecule has 3 aliphatic rings. The molecule has 0 radical (unpaired) electrons. The number of hydrogen-bond donors (Lipinski definition) is 2. The summed E-state index contributed by atoms with van der Waals surface area (Å²) in [5.41, 5.74) is 4.43. The normalized spacial score (nSPS) is 20.4. The minimum Gasteiger partial charge on any atom is -0.487 e. The number of nitrogens with one attached hydrogen (secondary N) is 2. The second-order valence-corrected chi connectivity index (χ2v) is 8.33. The number of piperidine rings is 1. The molecule has 0 aliphatic carbocycles. The van der Waals surface area contributed by atoms with Crippen molar-refractivity contribution < 1.29 is 14.3 Å². The molecule has 0 saturated carbocycles. The van der Waals surface area contributed by atoms with Crippen LogP contribution in [-0.2, 0) is 20.9 Å². The first-order valence-electron chi connectivity index (χ1n) is 10.2. The van der Waals surface area contributed by atoms with Crippen LogP contribution in [0.4, 0.5) is 11.4 Å². The molecule has 30 heavy (non-hydrogen) atoms. The van der Waals surface area contributed by atoms with Crippen LogP contribution in [0, 0.1) is 0 Å². The van der Waals surface area contributed by atoms with Crippen molar-refractivity contribution in [3.63, 3.8) is 0 Å². The molecular weight excluding hydrogens is 402 g/mol. The maximum atomic E-state index is 12.7. The van der Waals surface area contributed by atoms with Crippen molar-refractivity contribution in [3.8, 4) is 0 Å². The van der Waals surface area contributed by atoms with E-state index >= 15 is 0 Å². The molecular formula is C23H22ClN3O3. The summed E-state index contributed by atoms with van der Waals surface area (Å²) in [6.07, 6.45) is 3.53. The highest BCUT2D eigenvalue weighted by Crippen LogP contribution is 2.42. The standard InChI is InChI=1S/C23H22ClN3O3/c24-15-5-7-19-18(10-15)21(23(29)26-19)22-17-11-16(6-4-14(17)13-30-22)25-20(28)12-27-8-2-1-3-9-27/h4-7,10-11H,1-3,8-9,12-13H2,(H,25,28)(H,26,29)/b22-21+. The minimum absolute atomic E-state index is 0.0271. The number of carbonyl (C=O) groups is 2. The van der Waals surface area contributed by atoms with Gasteiger partial charge in [-0.3, -0.25) is 14.5 Å². The van der Waals surface area contributed by atoms with E-state index in [-0.39, 0.29) is 11.8 Å². The Hall–Kier alpha value is -2.83. The molecule has 3 heterocycles. The van der Waals surface area contributed by atoms with Gasteiger partial charge in [-0.2, -0.15) is 0 Å². The molecule has 7 heteroatoms. The van der Waals surface area contributed by atoms with Gasteiger partial charge in [-0.1, -0.05) is 24.1 Å². The number of carbonyl (C=O) groups excluding carboxylic acids is 2. The maximum Gasteiger partial charge on any atom is 0.260 e. The van der Waals surface area contributed by atoms with Crippen molar-refractivity contribution in [2.24, 2.45) is 0 Å². The fourth-order valence-electron chi connectivity index (χ4n) is 4.31. The van der Waals surface area contributed by atoms with Crippen molar-refractivity contribution >= 4 is 46.1 Å². The second kappa shape index (κ2) is 7.78. The molecule has 0 bridgehead atoms. The predicted molar refractivity (Wildman–Crippen MR) is 117 cm³/mol. The van der Waals surface area contributed by atoms with Gasteiger partial charge in [0.15, 0.2) is 0 Å². The van der Waals surface area contributed by atoms with E-state index in [4.69, 9.17) is 16.3 Å². The summed E-state index contributed by atoms with van der Waals surface area (Å²) in [6, 6.07) is 11.0. The molecule has 2 amide bonds. The fraction of sp³-hybridized carbons (Fsp3) is 0.304. The molecule has 3 aliphatic heterocycles. The molecule has 6 nitrogen and oxygen atoms in total. The number of likely N-dealkylation sites (tertiary alicyclic amines) is 1. The van der Waals surface area contributed by atoms with Crippen LogP contribution < -0.4 is 10.6 Å². The van der Waals surface area contributed by atoms with Crippen LogP contribution in [0.15, 0.2) is 36.4 Å². The van der Waals surface area contributed by atoms with Gasteiger partial charge in [-0.25, -0.2) is 0 Å². The average molecular weight is 424 g/mol. The quantitative estimate of drug-likeness (QED) is 0.729. The topological polar surface area (TPSA) is 70.7 Å². The molecule has 2 aromatic rings. The molecule has 5 rings (SSSR count). The van der Waals surface area contributed by atoms with Crippen molar-refractivity contribution in [1.82, 2.24) is 4.90 Å². The fourth-order valence-corrected chi connectivity index (χ4v) is 4.48. The minimum atomic E-state index is -0.213. The number of halogens is 1. The summed E-state index contributed by atoms with van der Waals surface area (Å²) in [5.74, 6) is 0.283. The van der Waals surface area contributed by atoms with Gasteiger partial charge in [0.25, 0.3) is 5.91 Å². The SMILES string of the molecule is O=C(CN1CCCCC1)Nc1ccc2c(c1)/C(=C1\C(=O)Nc3ccc(Cl)cc31)OC2. The second-order valence-electron chi connectivity index (χ2n) is 7.89. The smallest absolute Gasteiger partial charge is 0.260 e.